The van der Waals surface area contributed by atoms with Gasteiger partial charge in [0.15, 0.2) is 11.6 Å². The highest BCUT2D eigenvalue weighted by atomic mass is 32.1. The Morgan fingerprint density at radius 2 is 2.19 bits per heavy atom. The first-order valence-electron chi connectivity index (χ1n) is 8.49. The van der Waals surface area contributed by atoms with E-state index in [2.05, 4.69) is 10.1 Å². The van der Waals surface area contributed by atoms with Crippen molar-refractivity contribution in [1.82, 2.24) is 14.8 Å². The van der Waals surface area contributed by atoms with Crippen LogP contribution in [0.1, 0.15) is 29.8 Å². The Hall–Kier alpha value is -2.61. The molecule has 2 aromatic heterocycles. The van der Waals surface area contributed by atoms with Crippen LogP contribution in [0.4, 0.5) is 8.78 Å². The molecule has 1 aromatic carbocycles. The molecule has 0 unspecified atom stereocenters. The van der Waals surface area contributed by atoms with Gasteiger partial charge in [-0.1, -0.05) is 0 Å². The number of hydrogen-bond donors (Lipinski definition) is 0. The molecule has 0 saturated carbocycles. The smallest absolute Gasteiger partial charge is 0.264 e. The fourth-order valence-corrected chi connectivity index (χ4v) is 4.34. The lowest BCUT2D eigenvalue weighted by Gasteiger charge is -2.11. The van der Waals surface area contributed by atoms with Crippen LogP contribution in [0.5, 0.6) is 5.75 Å². The molecule has 0 radical (unpaired) electrons. The van der Waals surface area contributed by atoms with Crippen molar-refractivity contribution in [3.8, 4) is 26.9 Å². The minimum absolute atomic E-state index is 0.0229. The Balaban J connectivity index is 1.81. The summed E-state index contributed by atoms with van der Waals surface area (Å²) in [6.45, 7) is 2.36. The fraction of sp³-hybridized carbons (Fsp3) is 0.316. The van der Waals surface area contributed by atoms with Crippen LogP contribution in [0.3, 0.4) is 0 Å². The minimum atomic E-state index is -2.88. The second-order valence-corrected chi connectivity index (χ2v) is 7.69. The zero-order chi connectivity index (χ0) is 19.2. The maximum Gasteiger partial charge on any atom is 0.264 e. The number of carbonyl (C=O) groups is 1. The van der Waals surface area contributed by atoms with E-state index in [9.17, 15) is 13.6 Å². The first kappa shape index (κ1) is 17.8. The molecule has 5 nitrogen and oxygen atoms in total. The summed E-state index contributed by atoms with van der Waals surface area (Å²) in [6.07, 6.45) is 1.98. The number of carbonyl (C=O) groups excluding carboxylic acids is 1. The normalized spacial score (nSPS) is 13.5. The van der Waals surface area contributed by atoms with Gasteiger partial charge in [-0.15, -0.1) is 11.3 Å². The molecule has 0 N–H and O–H groups in total. The summed E-state index contributed by atoms with van der Waals surface area (Å²) in [5, 5.41) is 3.95. The van der Waals surface area contributed by atoms with E-state index in [0.29, 0.717) is 30.2 Å². The predicted octanol–water partition coefficient (Wildman–Crippen LogP) is 4.47. The summed E-state index contributed by atoms with van der Waals surface area (Å²) in [4.78, 5) is 17.7. The first-order chi connectivity index (χ1) is 12.8. The number of nitrogens with zero attached hydrogens (tertiary/aromatic N) is 3. The lowest BCUT2D eigenvalue weighted by Crippen LogP contribution is -2.20. The first-order valence-corrected chi connectivity index (χ1v) is 9.30. The Labute approximate surface area is 158 Å². The number of alkyl halides is 2. The van der Waals surface area contributed by atoms with Crippen LogP contribution in [0.15, 0.2) is 30.6 Å². The maximum atomic E-state index is 13.4. The number of halogens is 2. The quantitative estimate of drug-likeness (QED) is 0.618. The zero-order valence-corrected chi connectivity index (χ0v) is 15.6. The second-order valence-electron chi connectivity index (χ2n) is 6.64. The summed E-state index contributed by atoms with van der Waals surface area (Å²) < 4.78 is 33.9. The third kappa shape index (κ3) is 3.49. The molecule has 3 heterocycles. The average molecular weight is 389 g/mol. The number of ether oxygens (including phenoxy) is 1. The summed E-state index contributed by atoms with van der Waals surface area (Å²) in [5.74, 6) is -1.77. The van der Waals surface area contributed by atoms with Gasteiger partial charge in [0.1, 0.15) is 18.6 Å². The molecule has 27 heavy (non-hydrogen) atoms. The van der Waals surface area contributed by atoms with E-state index in [4.69, 9.17) is 4.74 Å². The van der Waals surface area contributed by atoms with Gasteiger partial charge >= 0.3 is 0 Å². The summed E-state index contributed by atoms with van der Waals surface area (Å²) in [5.41, 5.74) is 2.50. The lowest BCUT2D eigenvalue weighted by atomic mass is 10.0. The number of fused-ring (bicyclic) bond motifs is 3. The van der Waals surface area contributed by atoms with Crippen molar-refractivity contribution in [3.63, 3.8) is 0 Å². The van der Waals surface area contributed by atoms with Gasteiger partial charge in [0.2, 0.25) is 0 Å². The van der Waals surface area contributed by atoms with Crippen LogP contribution < -0.4 is 4.74 Å². The van der Waals surface area contributed by atoms with Crippen LogP contribution in [0.25, 0.3) is 21.1 Å². The Morgan fingerprint density at radius 1 is 1.37 bits per heavy atom. The highest BCUT2D eigenvalue weighted by molar-refractivity contribution is 7.19. The highest BCUT2D eigenvalue weighted by Gasteiger charge is 2.26. The third-order valence-corrected chi connectivity index (χ3v) is 5.54. The van der Waals surface area contributed by atoms with Crippen molar-refractivity contribution in [3.05, 3.63) is 41.7 Å². The molecule has 0 bridgehead atoms. The molecule has 4 rings (SSSR count). The monoisotopic (exact) mass is 389 g/mol. The molecule has 3 aromatic rings. The number of Topliss-reactive ketones (excluding diaryl/α,β-unsaturated/α-hetero) is 1. The number of hydrogen-bond acceptors (Lipinski definition) is 5. The van der Waals surface area contributed by atoms with E-state index < -0.39 is 12.5 Å². The molecule has 1 aliphatic rings. The number of rotatable bonds is 4. The van der Waals surface area contributed by atoms with E-state index in [1.165, 1.54) is 29.3 Å². The Kier molecular flexibility index (Phi) is 4.30. The van der Waals surface area contributed by atoms with E-state index in [1.54, 1.807) is 12.1 Å². The minimum Gasteiger partial charge on any atom is -0.493 e. The number of thiophene rings is 1. The highest BCUT2D eigenvalue weighted by Crippen LogP contribution is 2.43. The number of ketones is 1. The van der Waals surface area contributed by atoms with Gasteiger partial charge in [0.05, 0.1) is 11.5 Å². The molecule has 8 heteroatoms. The molecular formula is C19H17F2N3O2S. The van der Waals surface area contributed by atoms with Crippen molar-refractivity contribution in [2.75, 3.05) is 6.61 Å². The average Bonchev–Trinajstić information content (AvgIpc) is 3.16. The van der Waals surface area contributed by atoms with Gasteiger partial charge in [-0.3, -0.25) is 4.79 Å². The van der Waals surface area contributed by atoms with Crippen LogP contribution in [-0.4, -0.2) is 33.1 Å². The van der Waals surface area contributed by atoms with Crippen LogP contribution >= 0.6 is 11.3 Å². The standard InChI is InChI=1S/C19H17F2N3O2S/c1-11(25)12-3-4-15-14(7-12)17-13(5-6-26-15)8-16(27-17)18-22-10-23-24(18)9-19(2,20)21/h3-4,7-8,10H,5-6,9H2,1-2H3. The molecule has 0 saturated heterocycles. The Morgan fingerprint density at radius 3 is 2.93 bits per heavy atom. The van der Waals surface area contributed by atoms with Crippen molar-refractivity contribution in [2.24, 2.45) is 0 Å². The second kappa shape index (κ2) is 6.53. The fourth-order valence-electron chi connectivity index (χ4n) is 3.11. The molecule has 0 atom stereocenters. The van der Waals surface area contributed by atoms with Gasteiger partial charge < -0.3 is 4.74 Å². The molecule has 0 amide bonds. The van der Waals surface area contributed by atoms with Crippen LogP contribution in [-0.2, 0) is 13.0 Å². The van der Waals surface area contributed by atoms with Gasteiger partial charge in [-0.2, -0.15) is 5.10 Å². The molecule has 0 fully saturated rings. The SMILES string of the molecule is CC(=O)c1ccc2c(c1)-c1sc(-c3ncnn3CC(C)(F)F)cc1CCO2. The molecule has 0 aliphatic carbocycles. The maximum absolute atomic E-state index is 13.4. The van der Waals surface area contributed by atoms with Crippen molar-refractivity contribution in [2.45, 2.75) is 32.7 Å². The van der Waals surface area contributed by atoms with Gasteiger partial charge in [0.25, 0.3) is 5.92 Å². The van der Waals surface area contributed by atoms with E-state index in [1.807, 2.05) is 12.1 Å². The lowest BCUT2D eigenvalue weighted by molar-refractivity contribution is 0.001000. The summed E-state index contributed by atoms with van der Waals surface area (Å²) >= 11 is 1.45. The predicted molar refractivity (Wildman–Crippen MR) is 98.6 cm³/mol. The molecule has 0 spiro atoms. The Bertz CT molecular complexity index is 1020. The van der Waals surface area contributed by atoms with E-state index in [-0.39, 0.29) is 5.78 Å². The van der Waals surface area contributed by atoms with Crippen molar-refractivity contribution >= 4 is 17.1 Å². The summed E-state index contributed by atoms with van der Waals surface area (Å²) in [7, 11) is 0. The van der Waals surface area contributed by atoms with Gasteiger partial charge in [-0.05, 0) is 36.8 Å². The zero-order valence-electron chi connectivity index (χ0n) is 14.8. The topological polar surface area (TPSA) is 57.0 Å². The van der Waals surface area contributed by atoms with E-state index >= 15 is 0 Å². The van der Waals surface area contributed by atoms with Crippen LogP contribution in [0, 0.1) is 0 Å². The van der Waals surface area contributed by atoms with Gasteiger partial charge in [0, 0.05) is 29.3 Å². The number of aromatic nitrogens is 3. The molecular weight excluding hydrogens is 372 g/mol. The summed E-state index contributed by atoms with van der Waals surface area (Å²) in [6, 6.07) is 7.33. The van der Waals surface area contributed by atoms with Gasteiger partial charge in [-0.25, -0.2) is 18.4 Å². The largest absolute Gasteiger partial charge is 0.493 e. The number of benzene rings is 1. The van der Waals surface area contributed by atoms with Crippen LogP contribution in [0.2, 0.25) is 0 Å². The molecule has 140 valence electrons. The van der Waals surface area contributed by atoms with E-state index in [0.717, 1.165) is 27.8 Å². The molecule has 1 aliphatic heterocycles. The van der Waals surface area contributed by atoms with Crippen molar-refractivity contribution in [1.29, 1.82) is 0 Å². The van der Waals surface area contributed by atoms with Crippen molar-refractivity contribution < 1.29 is 18.3 Å². The third-order valence-electron chi connectivity index (χ3n) is 4.33.